The largest absolute Gasteiger partial charge is 0.477 e. The van der Waals surface area contributed by atoms with Crippen LogP contribution in [0.1, 0.15) is 21.6 Å². The molecule has 0 unspecified atom stereocenters. The molecule has 1 N–H and O–H groups in total. The summed E-state index contributed by atoms with van der Waals surface area (Å²) in [5.41, 5.74) is 1.84. The standard InChI is InChI=1S/C8H9NO2/c1-5-3-4-9-7(6(5)2)8(10)11/h3-4H,1-2H3,(H,10,11). The Labute approximate surface area is 64.7 Å². The average molecular weight is 151 g/mol. The summed E-state index contributed by atoms with van der Waals surface area (Å²) in [5, 5.41) is 8.63. The topological polar surface area (TPSA) is 50.2 Å². The van der Waals surface area contributed by atoms with E-state index in [0.717, 1.165) is 11.1 Å². The number of aromatic carboxylic acids is 1. The van der Waals surface area contributed by atoms with E-state index in [4.69, 9.17) is 5.11 Å². The molecule has 0 amide bonds. The molecule has 0 aromatic carbocycles. The van der Waals surface area contributed by atoms with Crippen molar-refractivity contribution in [3.05, 3.63) is 29.1 Å². The molecule has 0 atom stereocenters. The fourth-order valence-corrected chi connectivity index (χ4v) is 0.848. The minimum absolute atomic E-state index is 0.144. The van der Waals surface area contributed by atoms with Crippen molar-refractivity contribution in [2.45, 2.75) is 13.8 Å². The van der Waals surface area contributed by atoms with Crippen LogP contribution in [0.15, 0.2) is 12.3 Å². The van der Waals surface area contributed by atoms with E-state index in [1.807, 2.05) is 6.92 Å². The summed E-state index contributed by atoms with van der Waals surface area (Å²) in [7, 11) is 0. The SMILES string of the molecule is Cc1ccnc(C(=O)O)c1C. The predicted molar refractivity (Wildman–Crippen MR) is 40.7 cm³/mol. The Balaban J connectivity index is 3.27. The summed E-state index contributed by atoms with van der Waals surface area (Å²) >= 11 is 0. The van der Waals surface area contributed by atoms with Crippen LogP contribution in [0, 0.1) is 13.8 Å². The van der Waals surface area contributed by atoms with Crippen LogP contribution >= 0.6 is 0 Å². The third-order valence-corrected chi connectivity index (χ3v) is 1.68. The normalized spacial score (nSPS) is 9.64. The number of hydrogen-bond donors (Lipinski definition) is 1. The maximum absolute atomic E-state index is 10.5. The first-order valence-electron chi connectivity index (χ1n) is 3.28. The van der Waals surface area contributed by atoms with Gasteiger partial charge in [-0.3, -0.25) is 0 Å². The number of carbonyl (C=O) groups is 1. The molecule has 0 saturated heterocycles. The highest BCUT2D eigenvalue weighted by molar-refractivity contribution is 5.87. The number of nitrogens with zero attached hydrogens (tertiary/aromatic N) is 1. The van der Waals surface area contributed by atoms with Crippen molar-refractivity contribution < 1.29 is 9.90 Å². The van der Waals surface area contributed by atoms with Crippen LogP contribution in [0.25, 0.3) is 0 Å². The van der Waals surface area contributed by atoms with Crippen molar-refractivity contribution >= 4 is 5.97 Å². The molecule has 0 saturated carbocycles. The molecule has 0 aliphatic carbocycles. The maximum atomic E-state index is 10.5. The Hall–Kier alpha value is -1.38. The first-order valence-corrected chi connectivity index (χ1v) is 3.28. The highest BCUT2D eigenvalue weighted by atomic mass is 16.4. The maximum Gasteiger partial charge on any atom is 0.354 e. The number of carboxylic acid groups (broad SMARTS) is 1. The smallest absolute Gasteiger partial charge is 0.354 e. The van der Waals surface area contributed by atoms with E-state index in [0.29, 0.717) is 0 Å². The van der Waals surface area contributed by atoms with Crippen LogP contribution < -0.4 is 0 Å². The molecule has 3 heteroatoms. The van der Waals surface area contributed by atoms with Crippen LogP contribution in [0.4, 0.5) is 0 Å². The highest BCUT2D eigenvalue weighted by Gasteiger charge is 2.08. The van der Waals surface area contributed by atoms with Crippen LogP contribution in [0.3, 0.4) is 0 Å². The lowest BCUT2D eigenvalue weighted by Gasteiger charge is -2.01. The van der Waals surface area contributed by atoms with Gasteiger partial charge >= 0.3 is 5.97 Å². The quantitative estimate of drug-likeness (QED) is 0.659. The zero-order valence-electron chi connectivity index (χ0n) is 6.46. The third kappa shape index (κ3) is 1.37. The van der Waals surface area contributed by atoms with E-state index in [2.05, 4.69) is 4.98 Å². The Bertz CT molecular complexity index is 294. The summed E-state index contributed by atoms with van der Waals surface area (Å²) in [6.07, 6.45) is 1.51. The van der Waals surface area contributed by atoms with Gasteiger partial charge in [-0.15, -0.1) is 0 Å². The molecule has 0 radical (unpaired) electrons. The van der Waals surface area contributed by atoms with Gasteiger partial charge in [0.2, 0.25) is 0 Å². The van der Waals surface area contributed by atoms with Gasteiger partial charge in [-0.25, -0.2) is 9.78 Å². The lowest BCUT2D eigenvalue weighted by Crippen LogP contribution is -2.03. The van der Waals surface area contributed by atoms with Crippen molar-refractivity contribution in [1.29, 1.82) is 0 Å². The van der Waals surface area contributed by atoms with Crippen molar-refractivity contribution in [2.75, 3.05) is 0 Å². The Morgan fingerprint density at radius 1 is 1.55 bits per heavy atom. The fourth-order valence-electron chi connectivity index (χ4n) is 0.848. The van der Waals surface area contributed by atoms with E-state index in [-0.39, 0.29) is 5.69 Å². The van der Waals surface area contributed by atoms with E-state index in [9.17, 15) is 4.79 Å². The molecule has 0 bridgehead atoms. The van der Waals surface area contributed by atoms with Gasteiger partial charge < -0.3 is 5.11 Å². The minimum atomic E-state index is -0.966. The minimum Gasteiger partial charge on any atom is -0.477 e. The van der Waals surface area contributed by atoms with Gasteiger partial charge in [-0.1, -0.05) is 0 Å². The second-order valence-electron chi connectivity index (χ2n) is 2.41. The van der Waals surface area contributed by atoms with E-state index < -0.39 is 5.97 Å². The summed E-state index contributed by atoms with van der Waals surface area (Å²) in [4.78, 5) is 14.3. The molecule has 0 fully saturated rings. The molecule has 11 heavy (non-hydrogen) atoms. The van der Waals surface area contributed by atoms with Gasteiger partial charge in [0.1, 0.15) is 0 Å². The fraction of sp³-hybridized carbons (Fsp3) is 0.250. The molecule has 1 aromatic rings. The Morgan fingerprint density at radius 3 is 2.64 bits per heavy atom. The van der Waals surface area contributed by atoms with E-state index >= 15 is 0 Å². The summed E-state index contributed by atoms with van der Waals surface area (Å²) < 4.78 is 0. The average Bonchev–Trinajstić information content (AvgIpc) is 1.94. The molecule has 0 aliphatic rings. The predicted octanol–water partition coefficient (Wildman–Crippen LogP) is 1.40. The zero-order chi connectivity index (χ0) is 8.43. The summed E-state index contributed by atoms with van der Waals surface area (Å²) in [5.74, 6) is -0.966. The van der Waals surface area contributed by atoms with E-state index in [1.165, 1.54) is 6.20 Å². The number of carboxylic acids is 1. The van der Waals surface area contributed by atoms with Crippen molar-refractivity contribution in [3.63, 3.8) is 0 Å². The summed E-state index contributed by atoms with van der Waals surface area (Å²) in [6, 6.07) is 1.79. The third-order valence-electron chi connectivity index (χ3n) is 1.68. The first kappa shape index (κ1) is 7.72. The number of aromatic nitrogens is 1. The molecular formula is C8H9NO2. The lowest BCUT2D eigenvalue weighted by molar-refractivity contribution is 0.0689. The van der Waals surface area contributed by atoms with Gasteiger partial charge in [0.05, 0.1) is 0 Å². The monoisotopic (exact) mass is 151 g/mol. The Kier molecular flexibility index (Phi) is 1.89. The summed E-state index contributed by atoms with van der Waals surface area (Å²) in [6.45, 7) is 3.62. The first-order chi connectivity index (χ1) is 5.13. The number of hydrogen-bond acceptors (Lipinski definition) is 2. The highest BCUT2D eigenvalue weighted by Crippen LogP contribution is 2.08. The van der Waals surface area contributed by atoms with Crippen molar-refractivity contribution in [2.24, 2.45) is 0 Å². The van der Waals surface area contributed by atoms with Gasteiger partial charge in [0.15, 0.2) is 5.69 Å². The van der Waals surface area contributed by atoms with Crippen molar-refractivity contribution in [3.8, 4) is 0 Å². The molecular weight excluding hydrogens is 142 g/mol. The number of rotatable bonds is 1. The van der Waals surface area contributed by atoms with Crippen LogP contribution in [0.2, 0.25) is 0 Å². The van der Waals surface area contributed by atoms with Crippen LogP contribution in [-0.4, -0.2) is 16.1 Å². The molecule has 3 nitrogen and oxygen atoms in total. The van der Waals surface area contributed by atoms with Crippen LogP contribution in [-0.2, 0) is 0 Å². The van der Waals surface area contributed by atoms with Crippen molar-refractivity contribution in [1.82, 2.24) is 4.98 Å². The molecule has 58 valence electrons. The molecule has 0 spiro atoms. The zero-order valence-corrected chi connectivity index (χ0v) is 6.46. The second kappa shape index (κ2) is 2.70. The second-order valence-corrected chi connectivity index (χ2v) is 2.41. The van der Waals surface area contributed by atoms with E-state index in [1.54, 1.807) is 13.0 Å². The molecule has 1 rings (SSSR count). The van der Waals surface area contributed by atoms with Gasteiger partial charge in [-0.2, -0.15) is 0 Å². The van der Waals surface area contributed by atoms with Gasteiger partial charge in [0.25, 0.3) is 0 Å². The molecule has 1 aromatic heterocycles. The van der Waals surface area contributed by atoms with Gasteiger partial charge in [-0.05, 0) is 31.0 Å². The molecule has 0 aliphatic heterocycles. The molecule has 1 heterocycles. The number of pyridine rings is 1. The van der Waals surface area contributed by atoms with Crippen LogP contribution in [0.5, 0.6) is 0 Å². The number of aryl methyl sites for hydroxylation is 1. The Morgan fingerprint density at radius 2 is 2.18 bits per heavy atom. The van der Waals surface area contributed by atoms with Gasteiger partial charge in [0, 0.05) is 6.20 Å². The lowest BCUT2D eigenvalue weighted by atomic mass is 10.1.